The summed E-state index contributed by atoms with van der Waals surface area (Å²) in [5.74, 6) is 1.37. The molecule has 2 aromatic carbocycles. The van der Waals surface area contributed by atoms with E-state index in [1.54, 1.807) is 25.6 Å². The summed E-state index contributed by atoms with van der Waals surface area (Å²) in [5, 5.41) is 3.87. The third kappa shape index (κ3) is 4.99. The van der Waals surface area contributed by atoms with E-state index in [-0.39, 0.29) is 25.0 Å². The number of aryl methyl sites for hydroxylation is 2. The lowest BCUT2D eigenvalue weighted by atomic mass is 10.1. The summed E-state index contributed by atoms with van der Waals surface area (Å²) in [7, 11) is 3.17. The highest BCUT2D eigenvalue weighted by Gasteiger charge is 2.28. The number of nitrogens with zero attached hydrogens (tertiary/aromatic N) is 2. The van der Waals surface area contributed by atoms with E-state index < -0.39 is 0 Å². The number of anilines is 1. The minimum Gasteiger partial charge on any atom is -0.493 e. The summed E-state index contributed by atoms with van der Waals surface area (Å²) in [6.07, 6.45) is 0.617. The number of nitrogens with one attached hydrogen (secondary N) is 1. The van der Waals surface area contributed by atoms with Crippen molar-refractivity contribution < 1.29 is 23.8 Å². The molecule has 0 aliphatic carbocycles. The maximum absolute atomic E-state index is 12.7. The van der Waals surface area contributed by atoms with E-state index in [9.17, 15) is 9.59 Å². The number of aromatic nitrogens is 1. The molecule has 0 saturated carbocycles. The Bertz CT molecular complexity index is 1220. The standard InChI is InChI=1S/C25H27N3O5S/c1-15-25(27-16(2)34-15)18-6-8-20-19(12-18)28(24(30)14-33-20)13-23(29)26-10-9-17-5-7-21(31-3)22(11-17)32-4/h5-8,11-12H,9-10,13-14H2,1-4H3,(H,26,29). The van der Waals surface area contributed by atoms with E-state index in [0.29, 0.717) is 35.9 Å². The van der Waals surface area contributed by atoms with Crippen molar-refractivity contribution in [1.29, 1.82) is 0 Å². The van der Waals surface area contributed by atoms with E-state index in [4.69, 9.17) is 14.2 Å². The Labute approximate surface area is 202 Å². The quantitative estimate of drug-likeness (QED) is 0.530. The van der Waals surface area contributed by atoms with Crippen LogP contribution in [0.25, 0.3) is 11.3 Å². The van der Waals surface area contributed by atoms with Crippen LogP contribution in [0.1, 0.15) is 15.4 Å². The molecule has 1 N–H and O–H groups in total. The van der Waals surface area contributed by atoms with Crippen LogP contribution in [-0.2, 0) is 16.0 Å². The fraction of sp³-hybridized carbons (Fsp3) is 0.320. The number of carbonyl (C=O) groups is 2. The molecule has 178 valence electrons. The zero-order chi connectivity index (χ0) is 24.2. The van der Waals surface area contributed by atoms with Crippen LogP contribution in [0.5, 0.6) is 17.2 Å². The summed E-state index contributed by atoms with van der Waals surface area (Å²) in [6.45, 7) is 4.23. The van der Waals surface area contributed by atoms with Crippen molar-refractivity contribution in [3.63, 3.8) is 0 Å². The largest absolute Gasteiger partial charge is 0.493 e. The van der Waals surface area contributed by atoms with Crippen LogP contribution in [0.3, 0.4) is 0 Å². The number of hydrogen-bond acceptors (Lipinski definition) is 7. The van der Waals surface area contributed by atoms with E-state index in [0.717, 1.165) is 26.7 Å². The number of fused-ring (bicyclic) bond motifs is 1. The molecule has 1 aromatic heterocycles. The molecule has 9 heteroatoms. The fourth-order valence-corrected chi connectivity index (χ4v) is 4.74. The van der Waals surface area contributed by atoms with Crippen molar-refractivity contribution in [2.24, 2.45) is 0 Å². The molecule has 2 amide bonds. The van der Waals surface area contributed by atoms with Crippen molar-refractivity contribution in [3.8, 4) is 28.5 Å². The maximum Gasteiger partial charge on any atom is 0.265 e. The van der Waals surface area contributed by atoms with E-state index in [1.165, 1.54) is 4.90 Å². The van der Waals surface area contributed by atoms with Gasteiger partial charge in [0.1, 0.15) is 12.3 Å². The molecule has 0 fully saturated rings. The van der Waals surface area contributed by atoms with Gasteiger partial charge in [-0.05, 0) is 56.2 Å². The van der Waals surface area contributed by atoms with E-state index >= 15 is 0 Å². The molecule has 2 heterocycles. The van der Waals surface area contributed by atoms with Gasteiger partial charge in [0.25, 0.3) is 5.91 Å². The van der Waals surface area contributed by atoms with Gasteiger partial charge in [-0.25, -0.2) is 4.98 Å². The summed E-state index contributed by atoms with van der Waals surface area (Å²) < 4.78 is 16.2. The van der Waals surface area contributed by atoms with Crippen molar-refractivity contribution in [2.75, 3.05) is 38.8 Å². The van der Waals surface area contributed by atoms with Crippen LogP contribution in [0.2, 0.25) is 0 Å². The number of ether oxygens (including phenoxy) is 3. The first-order valence-electron chi connectivity index (χ1n) is 10.9. The molecule has 0 spiro atoms. The molecule has 1 aliphatic rings. The highest BCUT2D eigenvalue weighted by atomic mass is 32.1. The summed E-state index contributed by atoms with van der Waals surface area (Å²) >= 11 is 1.62. The minimum absolute atomic E-state index is 0.0837. The van der Waals surface area contributed by atoms with Gasteiger partial charge in [0.15, 0.2) is 18.1 Å². The normalized spacial score (nSPS) is 12.7. The van der Waals surface area contributed by atoms with Crippen molar-refractivity contribution in [1.82, 2.24) is 10.3 Å². The van der Waals surface area contributed by atoms with Crippen molar-refractivity contribution in [2.45, 2.75) is 20.3 Å². The van der Waals surface area contributed by atoms with Gasteiger partial charge in [-0.2, -0.15) is 0 Å². The molecule has 34 heavy (non-hydrogen) atoms. The zero-order valence-electron chi connectivity index (χ0n) is 19.6. The van der Waals surface area contributed by atoms with Crippen LogP contribution in [0.15, 0.2) is 36.4 Å². The van der Waals surface area contributed by atoms with Gasteiger partial charge in [-0.1, -0.05) is 6.07 Å². The zero-order valence-corrected chi connectivity index (χ0v) is 20.5. The Morgan fingerprint density at radius 1 is 1.15 bits per heavy atom. The van der Waals surface area contributed by atoms with E-state index in [1.807, 2.05) is 50.2 Å². The van der Waals surface area contributed by atoms with Gasteiger partial charge in [0.05, 0.1) is 30.6 Å². The topological polar surface area (TPSA) is 90.0 Å². The Balaban J connectivity index is 1.43. The molecule has 0 saturated heterocycles. The predicted molar refractivity (Wildman–Crippen MR) is 131 cm³/mol. The Kier molecular flexibility index (Phi) is 7.02. The Morgan fingerprint density at radius 3 is 2.65 bits per heavy atom. The lowest BCUT2D eigenvalue weighted by molar-refractivity contribution is -0.125. The smallest absolute Gasteiger partial charge is 0.265 e. The van der Waals surface area contributed by atoms with Gasteiger partial charge >= 0.3 is 0 Å². The second-order valence-corrected chi connectivity index (χ2v) is 9.29. The molecule has 8 nitrogen and oxygen atoms in total. The summed E-state index contributed by atoms with van der Waals surface area (Å²) in [5.41, 5.74) is 3.35. The third-order valence-electron chi connectivity index (χ3n) is 5.56. The number of benzene rings is 2. The highest BCUT2D eigenvalue weighted by molar-refractivity contribution is 7.11. The van der Waals surface area contributed by atoms with Crippen LogP contribution in [0.4, 0.5) is 5.69 Å². The lowest BCUT2D eigenvalue weighted by Crippen LogP contribution is -2.45. The molecular formula is C25H27N3O5S. The van der Waals surface area contributed by atoms with Crippen molar-refractivity contribution >= 4 is 28.8 Å². The predicted octanol–water partition coefficient (Wildman–Crippen LogP) is 3.53. The number of amides is 2. The van der Waals surface area contributed by atoms with Crippen LogP contribution in [-0.4, -0.2) is 50.7 Å². The first-order valence-corrected chi connectivity index (χ1v) is 11.7. The fourth-order valence-electron chi connectivity index (χ4n) is 3.90. The second kappa shape index (κ2) is 10.1. The molecule has 0 atom stereocenters. The number of thiazole rings is 1. The lowest BCUT2D eigenvalue weighted by Gasteiger charge is -2.29. The molecule has 0 unspecified atom stereocenters. The molecule has 3 aromatic rings. The first kappa shape index (κ1) is 23.6. The maximum atomic E-state index is 12.7. The molecule has 0 radical (unpaired) electrons. The molecular weight excluding hydrogens is 454 g/mol. The van der Waals surface area contributed by atoms with Gasteiger partial charge in [0, 0.05) is 17.0 Å². The summed E-state index contributed by atoms with van der Waals surface area (Å²) in [4.78, 5) is 32.5. The Morgan fingerprint density at radius 2 is 1.94 bits per heavy atom. The average molecular weight is 482 g/mol. The molecule has 1 aliphatic heterocycles. The van der Waals surface area contributed by atoms with Gasteiger partial charge in [-0.3, -0.25) is 14.5 Å². The SMILES string of the molecule is COc1ccc(CCNC(=O)CN2C(=O)COc3ccc(-c4nc(C)sc4C)cc32)cc1OC. The Hall–Kier alpha value is -3.59. The van der Waals surface area contributed by atoms with Gasteiger partial charge in [0.2, 0.25) is 5.91 Å². The second-order valence-electron chi connectivity index (χ2n) is 7.88. The molecule has 0 bridgehead atoms. The first-order chi connectivity index (χ1) is 16.4. The third-order valence-corrected chi connectivity index (χ3v) is 6.45. The van der Waals surface area contributed by atoms with Gasteiger partial charge in [-0.15, -0.1) is 11.3 Å². The highest BCUT2D eigenvalue weighted by Crippen LogP contribution is 2.37. The summed E-state index contributed by atoms with van der Waals surface area (Å²) in [6, 6.07) is 11.3. The number of methoxy groups -OCH3 is 2. The van der Waals surface area contributed by atoms with E-state index in [2.05, 4.69) is 10.3 Å². The van der Waals surface area contributed by atoms with Gasteiger partial charge < -0.3 is 19.5 Å². The monoisotopic (exact) mass is 481 g/mol. The number of hydrogen-bond donors (Lipinski definition) is 1. The van der Waals surface area contributed by atoms with Crippen LogP contribution >= 0.6 is 11.3 Å². The van der Waals surface area contributed by atoms with Crippen molar-refractivity contribution in [3.05, 3.63) is 51.8 Å². The molecule has 4 rings (SSSR count). The minimum atomic E-state index is -0.258. The number of rotatable bonds is 8. The number of carbonyl (C=O) groups excluding carboxylic acids is 2. The van der Waals surface area contributed by atoms with Crippen LogP contribution in [0, 0.1) is 13.8 Å². The van der Waals surface area contributed by atoms with Crippen LogP contribution < -0.4 is 24.4 Å². The average Bonchev–Trinajstić information content (AvgIpc) is 3.18.